The molecule has 0 radical (unpaired) electrons. The molecular formula is C17H27NO3. The van der Waals surface area contributed by atoms with E-state index in [1.165, 1.54) is 19.3 Å². The van der Waals surface area contributed by atoms with E-state index in [9.17, 15) is 0 Å². The first-order chi connectivity index (χ1) is 10.2. The molecule has 0 spiro atoms. The highest BCUT2D eigenvalue weighted by atomic mass is 16.7. The summed E-state index contributed by atoms with van der Waals surface area (Å²) in [6.07, 6.45) is 4.83. The lowest BCUT2D eigenvalue weighted by Crippen LogP contribution is -2.22. The summed E-state index contributed by atoms with van der Waals surface area (Å²) in [6, 6.07) is 4.42. The summed E-state index contributed by atoms with van der Waals surface area (Å²) in [4.78, 5) is 0. The molecule has 1 heterocycles. The minimum atomic E-state index is 0.298. The lowest BCUT2D eigenvalue weighted by molar-refractivity contribution is 0.173. The molecule has 0 saturated heterocycles. The minimum absolute atomic E-state index is 0.298. The zero-order valence-electron chi connectivity index (χ0n) is 13.4. The normalized spacial score (nSPS) is 13.0. The molecule has 2 rings (SSSR count). The quantitative estimate of drug-likeness (QED) is 0.702. The number of hydrogen-bond acceptors (Lipinski definition) is 4. The maximum atomic E-state index is 5.97. The Kier molecular flexibility index (Phi) is 6.18. The van der Waals surface area contributed by atoms with Crippen LogP contribution in [0, 0.1) is 0 Å². The van der Waals surface area contributed by atoms with Crippen molar-refractivity contribution in [1.29, 1.82) is 0 Å². The van der Waals surface area contributed by atoms with Crippen molar-refractivity contribution in [2.75, 3.05) is 13.4 Å². The highest BCUT2D eigenvalue weighted by molar-refractivity contribution is 5.51. The topological polar surface area (TPSA) is 39.7 Å². The third-order valence-electron chi connectivity index (χ3n) is 3.51. The van der Waals surface area contributed by atoms with Gasteiger partial charge in [-0.1, -0.05) is 40.0 Å². The van der Waals surface area contributed by atoms with Crippen molar-refractivity contribution in [3.8, 4) is 17.2 Å². The van der Waals surface area contributed by atoms with Crippen LogP contribution in [-0.2, 0) is 6.54 Å². The standard InChI is InChI=1S/C17H27NO3/c1-4-5-6-7-8-19-15-10-17-16(20-12-21-17)9-14(15)11-18-13(2)3/h9-10,13,18H,4-8,11-12H2,1-3H3. The molecule has 4 nitrogen and oxygen atoms in total. The van der Waals surface area contributed by atoms with Crippen molar-refractivity contribution in [1.82, 2.24) is 5.32 Å². The Balaban J connectivity index is 1.98. The Morgan fingerprint density at radius 2 is 1.90 bits per heavy atom. The van der Waals surface area contributed by atoms with E-state index < -0.39 is 0 Å². The van der Waals surface area contributed by atoms with Crippen molar-refractivity contribution in [3.63, 3.8) is 0 Å². The predicted octanol–water partition coefficient (Wildman–Crippen LogP) is 3.87. The van der Waals surface area contributed by atoms with Crippen molar-refractivity contribution in [3.05, 3.63) is 17.7 Å². The summed E-state index contributed by atoms with van der Waals surface area (Å²) in [5, 5.41) is 3.43. The highest BCUT2D eigenvalue weighted by Gasteiger charge is 2.18. The molecule has 1 aliphatic rings. The summed E-state index contributed by atoms with van der Waals surface area (Å²) in [5.74, 6) is 2.50. The fourth-order valence-corrected chi connectivity index (χ4v) is 2.26. The molecule has 21 heavy (non-hydrogen) atoms. The van der Waals surface area contributed by atoms with Crippen LogP contribution in [0.2, 0.25) is 0 Å². The van der Waals surface area contributed by atoms with Crippen molar-refractivity contribution < 1.29 is 14.2 Å². The molecule has 0 amide bonds. The molecule has 0 aliphatic carbocycles. The molecule has 4 heteroatoms. The van der Waals surface area contributed by atoms with Gasteiger partial charge in [-0.05, 0) is 12.5 Å². The second-order valence-corrected chi connectivity index (χ2v) is 5.76. The van der Waals surface area contributed by atoms with E-state index in [-0.39, 0.29) is 0 Å². The van der Waals surface area contributed by atoms with Gasteiger partial charge in [-0.25, -0.2) is 0 Å². The second kappa shape index (κ2) is 8.13. The Bertz CT molecular complexity index is 446. The van der Waals surface area contributed by atoms with Crippen LogP contribution in [0.1, 0.15) is 52.0 Å². The average molecular weight is 293 g/mol. The predicted molar refractivity (Wildman–Crippen MR) is 84.2 cm³/mol. The van der Waals surface area contributed by atoms with E-state index in [0.29, 0.717) is 12.8 Å². The lowest BCUT2D eigenvalue weighted by atomic mass is 10.1. The molecule has 1 aliphatic heterocycles. The van der Waals surface area contributed by atoms with Gasteiger partial charge in [0.05, 0.1) is 6.61 Å². The van der Waals surface area contributed by atoms with E-state index in [1.807, 2.05) is 12.1 Å². The first-order valence-electron chi connectivity index (χ1n) is 7.99. The Hall–Kier alpha value is -1.42. The van der Waals surface area contributed by atoms with E-state index >= 15 is 0 Å². The van der Waals surface area contributed by atoms with E-state index in [2.05, 4.69) is 26.1 Å². The Labute approximate surface area is 127 Å². The van der Waals surface area contributed by atoms with Gasteiger partial charge in [0.1, 0.15) is 5.75 Å². The number of fused-ring (bicyclic) bond motifs is 1. The van der Waals surface area contributed by atoms with Crippen LogP contribution in [-0.4, -0.2) is 19.4 Å². The molecule has 0 fully saturated rings. The second-order valence-electron chi connectivity index (χ2n) is 5.76. The van der Waals surface area contributed by atoms with E-state index in [1.54, 1.807) is 0 Å². The van der Waals surface area contributed by atoms with Gasteiger partial charge in [0.15, 0.2) is 11.5 Å². The fraction of sp³-hybridized carbons (Fsp3) is 0.647. The summed E-state index contributed by atoms with van der Waals surface area (Å²) in [7, 11) is 0. The zero-order valence-corrected chi connectivity index (χ0v) is 13.4. The molecule has 118 valence electrons. The van der Waals surface area contributed by atoms with Gasteiger partial charge in [0, 0.05) is 24.2 Å². The summed E-state index contributed by atoms with van der Waals surface area (Å²) >= 11 is 0. The van der Waals surface area contributed by atoms with Gasteiger partial charge in [-0.3, -0.25) is 0 Å². The SMILES string of the molecule is CCCCCCOc1cc2c(cc1CNC(C)C)OCO2. The third-order valence-corrected chi connectivity index (χ3v) is 3.51. The van der Waals surface area contributed by atoms with Crippen LogP contribution in [0.3, 0.4) is 0 Å². The number of hydrogen-bond donors (Lipinski definition) is 1. The fourth-order valence-electron chi connectivity index (χ4n) is 2.26. The molecular weight excluding hydrogens is 266 g/mol. The summed E-state index contributed by atoms with van der Waals surface area (Å²) in [5.41, 5.74) is 1.13. The monoisotopic (exact) mass is 293 g/mol. The first-order valence-corrected chi connectivity index (χ1v) is 7.99. The molecule has 0 saturated carbocycles. The van der Waals surface area contributed by atoms with E-state index in [4.69, 9.17) is 14.2 Å². The average Bonchev–Trinajstić information content (AvgIpc) is 2.91. The van der Waals surface area contributed by atoms with Gasteiger partial charge >= 0.3 is 0 Å². The van der Waals surface area contributed by atoms with E-state index in [0.717, 1.165) is 42.4 Å². The van der Waals surface area contributed by atoms with Crippen LogP contribution >= 0.6 is 0 Å². The first kappa shape index (κ1) is 16.0. The molecule has 0 aromatic heterocycles. The van der Waals surface area contributed by atoms with Crippen LogP contribution in [0.15, 0.2) is 12.1 Å². The van der Waals surface area contributed by atoms with Crippen molar-refractivity contribution in [2.45, 2.75) is 59.0 Å². The number of benzene rings is 1. The van der Waals surface area contributed by atoms with Crippen LogP contribution in [0.25, 0.3) is 0 Å². The Morgan fingerprint density at radius 3 is 2.62 bits per heavy atom. The zero-order chi connectivity index (χ0) is 15.1. The molecule has 1 aromatic carbocycles. The molecule has 0 atom stereocenters. The smallest absolute Gasteiger partial charge is 0.231 e. The van der Waals surface area contributed by atoms with Gasteiger partial charge in [0.2, 0.25) is 6.79 Å². The minimum Gasteiger partial charge on any atom is -0.493 e. The maximum Gasteiger partial charge on any atom is 0.231 e. The van der Waals surface area contributed by atoms with Crippen LogP contribution in [0.4, 0.5) is 0 Å². The number of unbranched alkanes of at least 4 members (excludes halogenated alkanes) is 3. The molecule has 0 unspecified atom stereocenters. The lowest BCUT2D eigenvalue weighted by Gasteiger charge is -2.14. The molecule has 1 N–H and O–H groups in total. The van der Waals surface area contributed by atoms with Crippen molar-refractivity contribution in [2.24, 2.45) is 0 Å². The Morgan fingerprint density at radius 1 is 1.14 bits per heavy atom. The maximum absolute atomic E-state index is 5.97. The number of nitrogens with one attached hydrogen (secondary N) is 1. The van der Waals surface area contributed by atoms with Gasteiger partial charge in [-0.15, -0.1) is 0 Å². The summed E-state index contributed by atoms with van der Waals surface area (Å²) in [6.45, 7) is 8.32. The van der Waals surface area contributed by atoms with Gasteiger partial charge in [0.25, 0.3) is 0 Å². The van der Waals surface area contributed by atoms with Crippen LogP contribution in [0.5, 0.6) is 17.2 Å². The molecule has 1 aromatic rings. The largest absolute Gasteiger partial charge is 0.493 e. The highest BCUT2D eigenvalue weighted by Crippen LogP contribution is 2.38. The number of rotatable bonds is 9. The molecule has 0 bridgehead atoms. The van der Waals surface area contributed by atoms with Gasteiger partial charge < -0.3 is 19.5 Å². The third kappa shape index (κ3) is 4.81. The summed E-state index contributed by atoms with van der Waals surface area (Å²) < 4.78 is 16.9. The van der Waals surface area contributed by atoms with Gasteiger partial charge in [-0.2, -0.15) is 0 Å². The number of ether oxygens (including phenoxy) is 3. The van der Waals surface area contributed by atoms with Crippen LogP contribution < -0.4 is 19.5 Å². The van der Waals surface area contributed by atoms with Crippen molar-refractivity contribution >= 4 is 0 Å².